The van der Waals surface area contributed by atoms with E-state index in [9.17, 15) is 4.79 Å². The second-order valence-electron chi connectivity index (χ2n) is 10.8. The zero-order valence-corrected chi connectivity index (χ0v) is 23.1. The Kier molecular flexibility index (Phi) is 7.27. The minimum absolute atomic E-state index is 0.277. The minimum atomic E-state index is -1.22. The first kappa shape index (κ1) is 26.3. The van der Waals surface area contributed by atoms with Crippen molar-refractivity contribution in [3.8, 4) is 28.3 Å². The van der Waals surface area contributed by atoms with Crippen LogP contribution in [0.2, 0.25) is 0 Å². The van der Waals surface area contributed by atoms with Crippen LogP contribution >= 0.6 is 0 Å². The third-order valence-electron chi connectivity index (χ3n) is 8.34. The molecule has 1 N–H and O–H groups in total. The summed E-state index contributed by atoms with van der Waals surface area (Å²) in [7, 11) is 0. The number of aliphatic carboxylic acids is 1. The van der Waals surface area contributed by atoms with E-state index in [-0.39, 0.29) is 5.57 Å². The van der Waals surface area contributed by atoms with Crippen LogP contribution in [0.15, 0.2) is 103 Å². The molecular formula is C37H32N2O2. The van der Waals surface area contributed by atoms with Crippen LogP contribution in [0.3, 0.4) is 0 Å². The molecule has 202 valence electrons. The molecule has 4 heteroatoms. The average molecular weight is 537 g/mol. The lowest BCUT2D eigenvalue weighted by Gasteiger charge is -2.27. The molecule has 1 saturated carbocycles. The maximum atomic E-state index is 11.1. The van der Waals surface area contributed by atoms with E-state index in [0.717, 1.165) is 17.5 Å². The third kappa shape index (κ3) is 5.19. The molecule has 1 heterocycles. The van der Waals surface area contributed by atoms with E-state index in [1.807, 2.05) is 24.3 Å². The number of allylic oxidation sites excluding steroid dienone is 1. The molecule has 4 aromatic rings. The molecule has 4 aromatic carbocycles. The summed E-state index contributed by atoms with van der Waals surface area (Å²) in [6.45, 7) is 2.16. The normalized spacial score (nSPS) is 17.9. The van der Waals surface area contributed by atoms with E-state index in [1.54, 1.807) is 6.07 Å². The molecule has 1 aliphatic heterocycles. The van der Waals surface area contributed by atoms with E-state index in [1.165, 1.54) is 59.0 Å². The van der Waals surface area contributed by atoms with Gasteiger partial charge in [0.1, 0.15) is 11.6 Å². The predicted molar refractivity (Wildman–Crippen MR) is 167 cm³/mol. The SMILES string of the molecule is CCC=Cc1ccc(N2c3ccc(-c4ccc(-c5ccc(C=C(C#N)C(=O)O)cc5)cc4)cc3C3CCCC32)cc1. The number of carboxylic acids is 1. The number of hydrogen-bond donors (Lipinski definition) is 1. The molecule has 0 spiro atoms. The van der Waals surface area contributed by atoms with E-state index < -0.39 is 5.97 Å². The lowest BCUT2D eigenvalue weighted by molar-refractivity contribution is -0.132. The maximum absolute atomic E-state index is 11.1. The molecule has 2 atom stereocenters. The second kappa shape index (κ2) is 11.3. The molecule has 4 nitrogen and oxygen atoms in total. The first-order chi connectivity index (χ1) is 20.1. The second-order valence-corrected chi connectivity index (χ2v) is 10.8. The summed E-state index contributed by atoms with van der Waals surface area (Å²) in [5.41, 5.74) is 10.3. The first-order valence-electron chi connectivity index (χ1n) is 14.3. The van der Waals surface area contributed by atoms with Gasteiger partial charge in [0.2, 0.25) is 0 Å². The molecule has 2 aliphatic rings. The van der Waals surface area contributed by atoms with Crippen LogP contribution in [0.5, 0.6) is 0 Å². The zero-order chi connectivity index (χ0) is 28.3. The molecule has 0 amide bonds. The Morgan fingerprint density at radius 1 is 0.878 bits per heavy atom. The van der Waals surface area contributed by atoms with E-state index in [4.69, 9.17) is 10.4 Å². The van der Waals surface area contributed by atoms with Gasteiger partial charge in [-0.2, -0.15) is 5.26 Å². The molecule has 1 fully saturated rings. The standard InChI is InChI=1S/C37H32N2O2/c1-2-3-5-25-10-19-32(20-11-25)39-35-7-4-6-33(35)34-23-30(18-21-36(34)39)29-16-14-28(15-17-29)27-12-8-26(9-13-27)22-31(24-38)37(40)41/h3,5,8-23,33,35H,2,4,6-7H2,1H3,(H,40,41). The predicted octanol–water partition coefficient (Wildman–Crippen LogP) is 9.22. The molecule has 0 aromatic heterocycles. The number of benzene rings is 4. The third-order valence-corrected chi connectivity index (χ3v) is 8.34. The lowest BCUT2D eigenvalue weighted by Crippen LogP contribution is -2.26. The number of fused-ring (bicyclic) bond motifs is 3. The van der Waals surface area contributed by atoms with Gasteiger partial charge in [0.25, 0.3) is 0 Å². The van der Waals surface area contributed by atoms with Crippen LogP contribution in [0, 0.1) is 11.3 Å². The van der Waals surface area contributed by atoms with Gasteiger partial charge in [-0.3, -0.25) is 0 Å². The van der Waals surface area contributed by atoms with Crippen LogP contribution in [-0.2, 0) is 4.79 Å². The average Bonchev–Trinajstić information content (AvgIpc) is 3.60. The van der Waals surface area contributed by atoms with Crippen molar-refractivity contribution in [2.75, 3.05) is 4.90 Å². The summed E-state index contributed by atoms with van der Waals surface area (Å²) in [4.78, 5) is 13.7. The minimum Gasteiger partial charge on any atom is -0.477 e. The Morgan fingerprint density at radius 2 is 1.49 bits per heavy atom. The fourth-order valence-corrected chi connectivity index (χ4v) is 6.31. The molecule has 2 unspecified atom stereocenters. The van der Waals surface area contributed by atoms with Gasteiger partial charge >= 0.3 is 5.97 Å². The van der Waals surface area contributed by atoms with Crippen molar-refractivity contribution < 1.29 is 9.90 Å². The lowest BCUT2D eigenvalue weighted by atomic mass is 9.93. The highest BCUT2D eigenvalue weighted by molar-refractivity contribution is 5.96. The maximum Gasteiger partial charge on any atom is 0.346 e. The van der Waals surface area contributed by atoms with Gasteiger partial charge in [0.15, 0.2) is 0 Å². The van der Waals surface area contributed by atoms with Gasteiger partial charge < -0.3 is 10.0 Å². The van der Waals surface area contributed by atoms with E-state index in [0.29, 0.717) is 17.5 Å². The van der Waals surface area contributed by atoms with Crippen molar-refractivity contribution in [3.05, 3.63) is 119 Å². The highest BCUT2D eigenvalue weighted by atomic mass is 16.4. The van der Waals surface area contributed by atoms with Gasteiger partial charge in [0.05, 0.1) is 0 Å². The quantitative estimate of drug-likeness (QED) is 0.189. The topological polar surface area (TPSA) is 64.3 Å². The summed E-state index contributed by atoms with van der Waals surface area (Å²) in [6, 6.07) is 34.4. The Morgan fingerprint density at radius 3 is 2.12 bits per heavy atom. The smallest absolute Gasteiger partial charge is 0.346 e. The summed E-state index contributed by atoms with van der Waals surface area (Å²) in [6.07, 6.45) is 10.6. The highest BCUT2D eigenvalue weighted by Crippen LogP contribution is 2.53. The Balaban J connectivity index is 1.25. The zero-order valence-electron chi connectivity index (χ0n) is 23.1. The molecule has 41 heavy (non-hydrogen) atoms. The number of anilines is 2. The summed E-state index contributed by atoms with van der Waals surface area (Å²) >= 11 is 0. The molecule has 0 radical (unpaired) electrons. The highest BCUT2D eigenvalue weighted by Gasteiger charge is 2.42. The summed E-state index contributed by atoms with van der Waals surface area (Å²) < 4.78 is 0. The molecule has 0 saturated heterocycles. The number of hydrogen-bond acceptors (Lipinski definition) is 3. The van der Waals surface area contributed by atoms with Crippen LogP contribution < -0.4 is 4.90 Å². The molecule has 6 rings (SSSR count). The van der Waals surface area contributed by atoms with Crippen LogP contribution in [0.1, 0.15) is 55.2 Å². The van der Waals surface area contributed by atoms with Gasteiger partial charge in [-0.15, -0.1) is 0 Å². The van der Waals surface area contributed by atoms with Crippen molar-refractivity contribution in [2.45, 2.75) is 44.6 Å². The van der Waals surface area contributed by atoms with Crippen molar-refractivity contribution in [1.82, 2.24) is 0 Å². The van der Waals surface area contributed by atoms with Crippen molar-refractivity contribution >= 4 is 29.5 Å². The molecule has 0 bridgehead atoms. The largest absolute Gasteiger partial charge is 0.477 e. The number of carbonyl (C=O) groups is 1. The fraction of sp³-hybridized carbons (Fsp3) is 0.189. The summed E-state index contributed by atoms with van der Waals surface area (Å²) in [5.74, 6) is -0.650. The van der Waals surface area contributed by atoms with Gasteiger partial charge in [0, 0.05) is 23.3 Å². The Bertz CT molecular complexity index is 1670. The Labute approximate surface area is 241 Å². The van der Waals surface area contributed by atoms with Crippen LogP contribution in [-0.4, -0.2) is 17.1 Å². The Hall–Kier alpha value is -4.88. The fourth-order valence-electron chi connectivity index (χ4n) is 6.31. The number of nitrogens with zero attached hydrogens (tertiary/aromatic N) is 2. The van der Waals surface area contributed by atoms with Crippen molar-refractivity contribution in [2.24, 2.45) is 0 Å². The van der Waals surface area contributed by atoms with Gasteiger partial charge in [-0.1, -0.05) is 92.2 Å². The summed E-state index contributed by atoms with van der Waals surface area (Å²) in [5, 5.41) is 18.1. The van der Waals surface area contributed by atoms with E-state index >= 15 is 0 Å². The van der Waals surface area contributed by atoms with Crippen LogP contribution in [0.4, 0.5) is 11.4 Å². The van der Waals surface area contributed by atoms with Crippen LogP contribution in [0.25, 0.3) is 34.4 Å². The van der Waals surface area contributed by atoms with Crippen molar-refractivity contribution in [3.63, 3.8) is 0 Å². The number of rotatable bonds is 7. The monoisotopic (exact) mass is 536 g/mol. The molecular weight excluding hydrogens is 504 g/mol. The van der Waals surface area contributed by atoms with Gasteiger partial charge in [-0.05, 0) is 88.5 Å². The van der Waals surface area contributed by atoms with Crippen molar-refractivity contribution in [1.29, 1.82) is 5.26 Å². The molecule has 1 aliphatic carbocycles. The number of nitriles is 1. The number of carboxylic acid groups (broad SMARTS) is 1. The van der Waals surface area contributed by atoms with E-state index in [2.05, 4.69) is 90.7 Å². The first-order valence-corrected chi connectivity index (χ1v) is 14.3. The van der Waals surface area contributed by atoms with Gasteiger partial charge in [-0.25, -0.2) is 4.79 Å².